The van der Waals surface area contributed by atoms with Crippen molar-refractivity contribution in [1.29, 1.82) is 0 Å². The summed E-state index contributed by atoms with van der Waals surface area (Å²) in [6.45, 7) is 0. The predicted octanol–water partition coefficient (Wildman–Crippen LogP) is 1.97. The summed E-state index contributed by atoms with van der Waals surface area (Å²) in [5.41, 5.74) is 0.250. The molecule has 126 valence electrons. The number of amides is 2. The molecule has 0 bridgehead atoms. The van der Waals surface area contributed by atoms with Crippen LogP contribution in [0.25, 0.3) is 0 Å². The number of hydrogen-bond donors (Lipinski definition) is 1. The predicted molar refractivity (Wildman–Crippen MR) is 89.5 cm³/mol. The van der Waals surface area contributed by atoms with E-state index in [1.54, 1.807) is 18.2 Å². The van der Waals surface area contributed by atoms with Crippen molar-refractivity contribution in [3.63, 3.8) is 0 Å². The van der Waals surface area contributed by atoms with Crippen LogP contribution < -0.4 is 5.32 Å². The molecule has 9 heteroatoms. The third-order valence-corrected chi connectivity index (χ3v) is 6.07. The summed E-state index contributed by atoms with van der Waals surface area (Å²) in [5.74, 6) is -1.00. The zero-order chi connectivity index (χ0) is 17.2. The molecule has 1 N–H and O–H groups in total. The highest BCUT2D eigenvalue weighted by Gasteiger charge is 2.33. The maximum atomic E-state index is 12.1. The normalized spacial score (nSPS) is 19.3. The van der Waals surface area contributed by atoms with Gasteiger partial charge in [-0.2, -0.15) is 0 Å². The first kappa shape index (κ1) is 18.0. The van der Waals surface area contributed by atoms with E-state index < -0.39 is 28.1 Å². The van der Waals surface area contributed by atoms with Crippen LogP contribution in [-0.4, -0.2) is 49.7 Å². The van der Waals surface area contributed by atoms with Gasteiger partial charge in [0.1, 0.15) is 6.42 Å². The Kier molecular flexibility index (Phi) is 5.54. The molecule has 0 aromatic heterocycles. The maximum Gasteiger partial charge on any atom is 0.233 e. The van der Waals surface area contributed by atoms with Crippen LogP contribution in [0.1, 0.15) is 12.8 Å². The number of anilines is 1. The third kappa shape index (κ3) is 4.59. The van der Waals surface area contributed by atoms with Crippen molar-refractivity contribution in [2.75, 3.05) is 23.9 Å². The highest BCUT2D eigenvalue weighted by Crippen LogP contribution is 2.29. The largest absolute Gasteiger partial charge is 0.341 e. The molecule has 1 fully saturated rings. The Morgan fingerprint density at radius 1 is 1.30 bits per heavy atom. The van der Waals surface area contributed by atoms with Crippen molar-refractivity contribution >= 4 is 50.5 Å². The van der Waals surface area contributed by atoms with Crippen molar-refractivity contribution < 1.29 is 18.0 Å². The second-order valence-electron chi connectivity index (χ2n) is 5.38. The fourth-order valence-electron chi connectivity index (χ4n) is 2.35. The van der Waals surface area contributed by atoms with Gasteiger partial charge in [0, 0.05) is 13.1 Å². The van der Waals surface area contributed by atoms with E-state index in [1.807, 2.05) is 0 Å². The van der Waals surface area contributed by atoms with Crippen molar-refractivity contribution in [3.05, 3.63) is 28.2 Å². The molecule has 0 radical (unpaired) electrons. The molecule has 0 saturated carbocycles. The molecule has 0 aliphatic carbocycles. The van der Waals surface area contributed by atoms with Gasteiger partial charge in [0.25, 0.3) is 0 Å². The van der Waals surface area contributed by atoms with Crippen LogP contribution in [0.3, 0.4) is 0 Å². The topological polar surface area (TPSA) is 83.6 Å². The van der Waals surface area contributed by atoms with E-state index in [1.165, 1.54) is 11.9 Å². The van der Waals surface area contributed by atoms with Gasteiger partial charge in [-0.3, -0.25) is 9.59 Å². The average molecular weight is 379 g/mol. The van der Waals surface area contributed by atoms with Crippen LogP contribution in [0.15, 0.2) is 18.2 Å². The standard InChI is InChI=1S/C14H16Cl2N2O4S/c1-18(9-5-6-23(21,22)8-9)13(20)7-12(19)17-14-10(15)3-2-4-11(14)16/h2-4,9H,5-8H2,1H3,(H,17,19). The van der Waals surface area contributed by atoms with Gasteiger partial charge < -0.3 is 10.2 Å². The Hall–Kier alpha value is -1.31. The molecule has 2 amide bonds. The van der Waals surface area contributed by atoms with Crippen molar-refractivity contribution in [2.45, 2.75) is 18.9 Å². The van der Waals surface area contributed by atoms with Gasteiger partial charge in [0.2, 0.25) is 11.8 Å². The number of rotatable bonds is 4. The molecule has 1 heterocycles. The average Bonchev–Trinajstić information content (AvgIpc) is 2.82. The number of nitrogens with one attached hydrogen (secondary N) is 1. The number of para-hydroxylation sites is 1. The molecule has 1 unspecified atom stereocenters. The molecule has 1 aromatic carbocycles. The fraction of sp³-hybridized carbons (Fsp3) is 0.429. The van der Waals surface area contributed by atoms with Gasteiger partial charge in [-0.15, -0.1) is 0 Å². The minimum absolute atomic E-state index is 0.0623. The van der Waals surface area contributed by atoms with E-state index in [4.69, 9.17) is 23.2 Å². The van der Waals surface area contributed by atoms with E-state index in [9.17, 15) is 18.0 Å². The molecule has 6 nitrogen and oxygen atoms in total. The van der Waals surface area contributed by atoms with E-state index in [0.717, 1.165) is 0 Å². The van der Waals surface area contributed by atoms with Gasteiger partial charge >= 0.3 is 0 Å². The summed E-state index contributed by atoms with van der Waals surface area (Å²) < 4.78 is 22.9. The van der Waals surface area contributed by atoms with Gasteiger partial charge in [0.15, 0.2) is 9.84 Å². The Morgan fingerprint density at radius 3 is 2.43 bits per heavy atom. The second-order valence-corrected chi connectivity index (χ2v) is 8.43. The lowest BCUT2D eigenvalue weighted by molar-refractivity contribution is -0.134. The van der Waals surface area contributed by atoms with Crippen LogP contribution in [0, 0.1) is 0 Å². The van der Waals surface area contributed by atoms with Gasteiger partial charge in [-0.05, 0) is 18.6 Å². The van der Waals surface area contributed by atoms with Crippen LogP contribution in [0.5, 0.6) is 0 Å². The fourth-order valence-corrected chi connectivity index (χ4v) is 4.61. The summed E-state index contributed by atoms with van der Waals surface area (Å²) in [4.78, 5) is 25.4. The smallest absolute Gasteiger partial charge is 0.233 e. The lowest BCUT2D eigenvalue weighted by Crippen LogP contribution is -2.39. The molecule has 1 saturated heterocycles. The van der Waals surface area contributed by atoms with E-state index >= 15 is 0 Å². The van der Waals surface area contributed by atoms with Gasteiger partial charge in [-0.25, -0.2) is 8.42 Å². The van der Waals surface area contributed by atoms with E-state index in [-0.39, 0.29) is 33.3 Å². The molecule has 23 heavy (non-hydrogen) atoms. The SMILES string of the molecule is CN(C(=O)CC(=O)Nc1c(Cl)cccc1Cl)C1CCS(=O)(=O)C1. The minimum Gasteiger partial charge on any atom is -0.341 e. The highest BCUT2D eigenvalue weighted by molar-refractivity contribution is 7.91. The molecule has 1 aliphatic heterocycles. The number of carbonyl (C=O) groups excluding carboxylic acids is 2. The zero-order valence-corrected chi connectivity index (χ0v) is 14.7. The number of benzene rings is 1. The quantitative estimate of drug-likeness (QED) is 0.811. The van der Waals surface area contributed by atoms with E-state index in [2.05, 4.69) is 5.32 Å². The first-order valence-electron chi connectivity index (χ1n) is 6.89. The van der Waals surface area contributed by atoms with Crippen molar-refractivity contribution in [1.82, 2.24) is 4.90 Å². The molecular formula is C14H16Cl2N2O4S. The highest BCUT2D eigenvalue weighted by atomic mass is 35.5. The number of halogens is 2. The molecule has 0 spiro atoms. The van der Waals surface area contributed by atoms with Gasteiger partial charge in [-0.1, -0.05) is 29.3 Å². The molecule has 1 atom stereocenters. The Balaban J connectivity index is 1.96. The minimum atomic E-state index is -3.09. The summed E-state index contributed by atoms with van der Waals surface area (Å²) in [6, 6.07) is 4.39. The Labute approximate surface area is 144 Å². The van der Waals surface area contributed by atoms with Crippen LogP contribution in [0.4, 0.5) is 5.69 Å². The Morgan fingerprint density at radius 2 is 1.91 bits per heavy atom. The second kappa shape index (κ2) is 7.07. The summed E-state index contributed by atoms with van der Waals surface area (Å²) in [5, 5.41) is 3.05. The van der Waals surface area contributed by atoms with Crippen LogP contribution >= 0.6 is 23.2 Å². The van der Waals surface area contributed by atoms with E-state index in [0.29, 0.717) is 6.42 Å². The number of nitrogens with zero attached hydrogens (tertiary/aromatic N) is 1. The lowest BCUT2D eigenvalue weighted by Gasteiger charge is -2.23. The van der Waals surface area contributed by atoms with Gasteiger partial charge in [0.05, 0.1) is 27.2 Å². The molecule has 1 aliphatic rings. The van der Waals surface area contributed by atoms with Crippen molar-refractivity contribution in [3.8, 4) is 0 Å². The first-order valence-corrected chi connectivity index (χ1v) is 9.47. The number of carbonyl (C=O) groups is 2. The summed E-state index contributed by atoms with van der Waals surface area (Å²) >= 11 is 11.9. The van der Waals surface area contributed by atoms with Crippen LogP contribution in [0.2, 0.25) is 10.0 Å². The monoisotopic (exact) mass is 378 g/mol. The molecular weight excluding hydrogens is 363 g/mol. The zero-order valence-electron chi connectivity index (χ0n) is 12.4. The van der Waals surface area contributed by atoms with Crippen LogP contribution in [-0.2, 0) is 19.4 Å². The summed E-state index contributed by atoms with van der Waals surface area (Å²) in [7, 11) is -1.59. The maximum absolute atomic E-state index is 12.1. The number of sulfone groups is 1. The first-order chi connectivity index (χ1) is 10.7. The third-order valence-electron chi connectivity index (χ3n) is 3.69. The summed E-state index contributed by atoms with van der Waals surface area (Å²) in [6.07, 6.45) is -0.0167. The molecule has 1 aromatic rings. The lowest BCUT2D eigenvalue weighted by atomic mass is 10.2. The van der Waals surface area contributed by atoms with Crippen molar-refractivity contribution in [2.24, 2.45) is 0 Å². The Bertz CT molecular complexity index is 716. The molecule has 2 rings (SSSR count). The number of hydrogen-bond acceptors (Lipinski definition) is 4.